The zero-order chi connectivity index (χ0) is 20.1. The lowest BCUT2D eigenvalue weighted by Gasteiger charge is -2.42. The number of hydrogen-bond donors (Lipinski definition) is 1. The molecule has 1 saturated heterocycles. The fourth-order valence-corrected chi connectivity index (χ4v) is 4.56. The maximum Gasteiger partial charge on any atom is 0.109 e. The van der Waals surface area contributed by atoms with Gasteiger partial charge in [-0.3, -0.25) is 0 Å². The quantitative estimate of drug-likeness (QED) is 0.658. The van der Waals surface area contributed by atoms with Crippen molar-refractivity contribution in [3.05, 3.63) is 70.2 Å². The first-order valence-corrected chi connectivity index (χ1v) is 11.0. The number of halogens is 1. The Morgan fingerprint density at radius 2 is 1.75 bits per heavy atom. The summed E-state index contributed by atoms with van der Waals surface area (Å²) < 4.78 is 6.13. The molecule has 0 spiro atoms. The molecule has 2 N–H and O–H groups in total. The number of hydrogen-bond acceptors (Lipinski definition) is 1. The van der Waals surface area contributed by atoms with Crippen LogP contribution in [-0.4, -0.2) is 19.3 Å². The van der Waals surface area contributed by atoms with Gasteiger partial charge >= 0.3 is 0 Å². The number of benzene rings is 2. The standard InChI is InChI=1S/C25H34ClNO/c1-18(2)24-17-25(14-16-28-24,22-9-5-19(3)6-10-22)13-15-27-20(4)21-7-11-23(26)12-8-21/h5-12,18,20,24,27H,13-17H2,1-4H3/p+1/t20-,24+,25-/m1/s1. The molecule has 0 saturated carbocycles. The van der Waals surface area contributed by atoms with E-state index < -0.39 is 0 Å². The molecule has 0 aromatic heterocycles. The van der Waals surface area contributed by atoms with Gasteiger partial charge in [0, 0.05) is 29.0 Å². The molecule has 3 heteroatoms. The molecule has 0 bridgehead atoms. The summed E-state index contributed by atoms with van der Waals surface area (Å²) in [5.41, 5.74) is 4.37. The third-order valence-electron chi connectivity index (χ3n) is 6.45. The first-order valence-electron chi connectivity index (χ1n) is 10.7. The average molecular weight is 401 g/mol. The number of aryl methyl sites for hydroxylation is 1. The van der Waals surface area contributed by atoms with Crippen LogP contribution in [0.3, 0.4) is 0 Å². The van der Waals surface area contributed by atoms with Crippen molar-refractivity contribution in [2.24, 2.45) is 5.92 Å². The summed E-state index contributed by atoms with van der Waals surface area (Å²) in [5.74, 6) is 0.557. The maximum atomic E-state index is 6.13. The summed E-state index contributed by atoms with van der Waals surface area (Å²) in [6.07, 6.45) is 3.77. The monoisotopic (exact) mass is 400 g/mol. The summed E-state index contributed by atoms with van der Waals surface area (Å²) in [6, 6.07) is 17.9. The predicted molar refractivity (Wildman–Crippen MR) is 118 cm³/mol. The second kappa shape index (κ2) is 9.43. The normalized spacial score (nSPS) is 23.7. The minimum absolute atomic E-state index is 0.219. The Morgan fingerprint density at radius 3 is 2.39 bits per heavy atom. The molecule has 152 valence electrons. The van der Waals surface area contributed by atoms with Gasteiger partial charge in [-0.15, -0.1) is 0 Å². The summed E-state index contributed by atoms with van der Waals surface area (Å²) in [7, 11) is 0. The summed E-state index contributed by atoms with van der Waals surface area (Å²) in [4.78, 5) is 0. The molecule has 2 nitrogen and oxygen atoms in total. The lowest BCUT2D eigenvalue weighted by molar-refractivity contribution is -0.693. The summed E-state index contributed by atoms with van der Waals surface area (Å²) in [5, 5.41) is 3.27. The first-order chi connectivity index (χ1) is 13.4. The zero-order valence-corrected chi connectivity index (χ0v) is 18.5. The van der Waals surface area contributed by atoms with E-state index in [1.165, 1.54) is 23.1 Å². The van der Waals surface area contributed by atoms with Crippen molar-refractivity contribution in [3.63, 3.8) is 0 Å². The summed E-state index contributed by atoms with van der Waals surface area (Å²) in [6.45, 7) is 11.0. The van der Waals surface area contributed by atoms with Gasteiger partial charge in [-0.2, -0.15) is 0 Å². The Balaban J connectivity index is 1.72. The SMILES string of the molecule is Cc1ccc([C@]2(CC[NH2+][C@H](C)c3ccc(Cl)cc3)CCO[C@H](C(C)C)C2)cc1. The molecular weight excluding hydrogens is 366 g/mol. The lowest BCUT2D eigenvalue weighted by Crippen LogP contribution is -2.85. The van der Waals surface area contributed by atoms with Gasteiger partial charge in [-0.05, 0) is 50.3 Å². The molecule has 0 aliphatic carbocycles. The molecule has 1 aliphatic rings. The summed E-state index contributed by atoms with van der Waals surface area (Å²) >= 11 is 6.04. The largest absolute Gasteiger partial charge is 0.378 e. The number of rotatable bonds is 7. The molecule has 0 amide bonds. The van der Waals surface area contributed by atoms with Gasteiger partial charge in [0.05, 0.1) is 12.6 Å². The highest BCUT2D eigenvalue weighted by Crippen LogP contribution is 2.41. The lowest BCUT2D eigenvalue weighted by atomic mass is 9.68. The Bertz CT molecular complexity index is 740. The van der Waals surface area contributed by atoms with Crippen molar-refractivity contribution in [3.8, 4) is 0 Å². The van der Waals surface area contributed by atoms with E-state index in [1.54, 1.807) is 0 Å². The molecule has 0 unspecified atom stereocenters. The Kier molecular flexibility index (Phi) is 7.20. The number of quaternary nitrogens is 1. The van der Waals surface area contributed by atoms with E-state index in [9.17, 15) is 0 Å². The molecule has 3 atom stereocenters. The highest BCUT2D eigenvalue weighted by molar-refractivity contribution is 6.30. The van der Waals surface area contributed by atoms with E-state index in [0.717, 1.165) is 31.0 Å². The van der Waals surface area contributed by atoms with Crippen LogP contribution in [0.5, 0.6) is 0 Å². The van der Waals surface area contributed by atoms with Gasteiger partial charge < -0.3 is 10.1 Å². The van der Waals surface area contributed by atoms with Crippen LogP contribution >= 0.6 is 11.6 Å². The third-order valence-corrected chi connectivity index (χ3v) is 6.70. The molecule has 2 aromatic rings. The number of nitrogens with two attached hydrogens (primary N) is 1. The minimum atomic E-state index is 0.219. The topological polar surface area (TPSA) is 25.8 Å². The van der Waals surface area contributed by atoms with Crippen LogP contribution in [0.15, 0.2) is 48.5 Å². The van der Waals surface area contributed by atoms with Crippen LogP contribution in [0.1, 0.15) is 62.8 Å². The molecule has 3 rings (SSSR count). The van der Waals surface area contributed by atoms with Gasteiger partial charge in [-0.1, -0.05) is 67.4 Å². The Labute approximate surface area is 175 Å². The van der Waals surface area contributed by atoms with Gasteiger partial charge in [0.15, 0.2) is 0 Å². The third kappa shape index (κ3) is 5.17. The molecule has 2 aromatic carbocycles. The maximum absolute atomic E-state index is 6.13. The van der Waals surface area contributed by atoms with Gasteiger partial charge in [0.1, 0.15) is 6.04 Å². The smallest absolute Gasteiger partial charge is 0.109 e. The fraction of sp³-hybridized carbons (Fsp3) is 0.520. The van der Waals surface area contributed by atoms with Crippen LogP contribution in [0, 0.1) is 12.8 Å². The fourth-order valence-electron chi connectivity index (χ4n) is 4.43. The van der Waals surface area contributed by atoms with Crippen molar-refractivity contribution in [2.75, 3.05) is 13.2 Å². The molecule has 1 aliphatic heterocycles. The van der Waals surface area contributed by atoms with Crippen LogP contribution in [-0.2, 0) is 10.2 Å². The van der Waals surface area contributed by atoms with E-state index in [1.807, 2.05) is 12.1 Å². The van der Waals surface area contributed by atoms with Crippen molar-refractivity contribution >= 4 is 11.6 Å². The highest BCUT2D eigenvalue weighted by Gasteiger charge is 2.39. The molecule has 0 radical (unpaired) electrons. The molecular formula is C25H35ClNO+. The van der Waals surface area contributed by atoms with E-state index in [2.05, 4.69) is 69.4 Å². The van der Waals surface area contributed by atoms with Crippen LogP contribution in [0.25, 0.3) is 0 Å². The molecule has 1 fully saturated rings. The molecule has 28 heavy (non-hydrogen) atoms. The van der Waals surface area contributed by atoms with Crippen molar-refractivity contribution in [1.29, 1.82) is 0 Å². The van der Waals surface area contributed by atoms with Crippen molar-refractivity contribution in [2.45, 2.75) is 64.5 Å². The average Bonchev–Trinajstić information content (AvgIpc) is 2.69. The van der Waals surface area contributed by atoms with Crippen LogP contribution in [0.4, 0.5) is 0 Å². The van der Waals surface area contributed by atoms with Crippen LogP contribution < -0.4 is 5.32 Å². The Hall–Kier alpha value is -1.35. The Morgan fingerprint density at radius 1 is 1.07 bits per heavy atom. The number of ether oxygens (including phenoxy) is 1. The van der Waals surface area contributed by atoms with E-state index >= 15 is 0 Å². The van der Waals surface area contributed by atoms with Gasteiger partial charge in [0.2, 0.25) is 0 Å². The van der Waals surface area contributed by atoms with Crippen molar-refractivity contribution in [1.82, 2.24) is 0 Å². The second-order valence-electron chi connectivity index (χ2n) is 8.87. The van der Waals surface area contributed by atoms with E-state index in [0.29, 0.717) is 18.1 Å². The second-order valence-corrected chi connectivity index (χ2v) is 9.30. The zero-order valence-electron chi connectivity index (χ0n) is 17.7. The van der Waals surface area contributed by atoms with E-state index in [4.69, 9.17) is 16.3 Å². The van der Waals surface area contributed by atoms with E-state index in [-0.39, 0.29) is 5.41 Å². The predicted octanol–water partition coefficient (Wildman–Crippen LogP) is 5.44. The first kappa shape index (κ1) is 21.4. The minimum Gasteiger partial charge on any atom is -0.378 e. The van der Waals surface area contributed by atoms with Crippen molar-refractivity contribution < 1.29 is 10.1 Å². The van der Waals surface area contributed by atoms with Gasteiger partial charge in [0.25, 0.3) is 0 Å². The van der Waals surface area contributed by atoms with Crippen LogP contribution in [0.2, 0.25) is 5.02 Å². The molecule has 1 heterocycles. The van der Waals surface area contributed by atoms with Gasteiger partial charge in [-0.25, -0.2) is 0 Å². The highest BCUT2D eigenvalue weighted by atomic mass is 35.5.